The smallest absolute Gasteiger partial charge is 0.407 e. The second kappa shape index (κ2) is 12.0. The van der Waals surface area contributed by atoms with Gasteiger partial charge in [0.2, 0.25) is 0 Å². The first kappa shape index (κ1) is 28.6. The van der Waals surface area contributed by atoms with Crippen LogP contribution in [-0.4, -0.2) is 54.2 Å². The number of amides is 1. The summed E-state index contributed by atoms with van der Waals surface area (Å²) < 4.78 is 15.6. The van der Waals surface area contributed by atoms with Crippen LogP contribution in [0.3, 0.4) is 0 Å². The van der Waals surface area contributed by atoms with E-state index in [9.17, 15) is 19.6 Å². The van der Waals surface area contributed by atoms with Crippen LogP contribution in [0.15, 0.2) is 54.4 Å². The van der Waals surface area contributed by atoms with E-state index in [1.54, 1.807) is 22.5 Å². The Balaban J connectivity index is 1.34. The van der Waals surface area contributed by atoms with E-state index in [1.807, 2.05) is 12.3 Å². The minimum atomic E-state index is -0.918. The SMILES string of the molecule is N#Cc1cnc2c(Cl)cc(NC(c3cn(C4CCN(C(=O)O)CC4)nn3)c3cncs3)cc2c1Nc1ccc(F)c(Cl)c1. The first-order valence-electron chi connectivity index (χ1n) is 13.1. The molecule has 5 aromatic rings. The Morgan fingerprint density at radius 1 is 1.16 bits per heavy atom. The maximum atomic E-state index is 13.8. The molecule has 3 N–H and O–H groups in total. The van der Waals surface area contributed by atoms with Crippen LogP contribution in [0.1, 0.15) is 41.1 Å². The van der Waals surface area contributed by atoms with Gasteiger partial charge in [-0.15, -0.1) is 16.4 Å². The van der Waals surface area contributed by atoms with E-state index in [4.69, 9.17) is 23.2 Å². The highest BCUT2D eigenvalue weighted by Crippen LogP contribution is 2.37. The Morgan fingerprint density at radius 3 is 2.65 bits per heavy atom. The van der Waals surface area contributed by atoms with E-state index >= 15 is 0 Å². The quantitative estimate of drug-likeness (QED) is 0.174. The maximum absolute atomic E-state index is 13.8. The second-order valence-electron chi connectivity index (χ2n) is 9.87. The zero-order valence-corrected chi connectivity index (χ0v) is 24.5. The maximum Gasteiger partial charge on any atom is 0.407 e. The molecule has 11 nitrogen and oxygen atoms in total. The van der Waals surface area contributed by atoms with E-state index < -0.39 is 18.0 Å². The molecule has 2 aromatic carbocycles. The van der Waals surface area contributed by atoms with Gasteiger partial charge in [-0.05, 0) is 43.2 Å². The van der Waals surface area contributed by atoms with E-state index in [0.717, 1.165) is 4.88 Å². The van der Waals surface area contributed by atoms with Crippen molar-refractivity contribution < 1.29 is 14.3 Å². The summed E-state index contributed by atoms with van der Waals surface area (Å²) in [5, 5.41) is 35.5. The summed E-state index contributed by atoms with van der Waals surface area (Å²) in [5.74, 6) is -0.557. The number of rotatable bonds is 7. The average molecular weight is 639 g/mol. The van der Waals surface area contributed by atoms with Gasteiger partial charge in [0.05, 0.1) is 49.4 Å². The first-order chi connectivity index (χ1) is 20.8. The monoisotopic (exact) mass is 637 g/mol. The molecule has 43 heavy (non-hydrogen) atoms. The Bertz CT molecular complexity index is 1850. The number of fused-ring (bicyclic) bond motifs is 1. The molecule has 1 aliphatic heterocycles. The lowest BCUT2D eigenvalue weighted by Crippen LogP contribution is -2.38. The first-order valence-corrected chi connectivity index (χ1v) is 14.7. The van der Waals surface area contributed by atoms with Gasteiger partial charge in [-0.1, -0.05) is 28.4 Å². The summed E-state index contributed by atoms with van der Waals surface area (Å²) in [7, 11) is 0. The number of carbonyl (C=O) groups is 1. The van der Waals surface area contributed by atoms with E-state index in [-0.39, 0.29) is 16.6 Å². The van der Waals surface area contributed by atoms with Gasteiger partial charge in [-0.25, -0.2) is 13.9 Å². The van der Waals surface area contributed by atoms with Crippen molar-refractivity contribution in [3.63, 3.8) is 0 Å². The fraction of sp³-hybridized carbons (Fsp3) is 0.214. The number of anilines is 3. The molecule has 4 heterocycles. The molecule has 1 saturated heterocycles. The van der Waals surface area contributed by atoms with Crippen molar-refractivity contribution in [3.05, 3.63) is 86.4 Å². The third kappa shape index (κ3) is 5.90. The fourth-order valence-electron chi connectivity index (χ4n) is 5.03. The Morgan fingerprint density at radius 2 is 1.95 bits per heavy atom. The van der Waals surface area contributed by atoms with Crippen LogP contribution in [0.2, 0.25) is 10.0 Å². The van der Waals surface area contributed by atoms with Crippen LogP contribution in [0, 0.1) is 17.1 Å². The van der Waals surface area contributed by atoms with Crippen LogP contribution in [-0.2, 0) is 0 Å². The molecule has 6 rings (SSSR count). The number of nitrogens with zero attached hydrogens (tertiary/aromatic N) is 7. The number of hydrogen-bond donors (Lipinski definition) is 3. The number of pyridine rings is 1. The molecular formula is C28H22Cl2FN9O2S. The van der Waals surface area contributed by atoms with Gasteiger partial charge in [0.15, 0.2) is 0 Å². The number of nitrogens with one attached hydrogen (secondary N) is 2. The zero-order chi connectivity index (χ0) is 30.1. The third-order valence-electron chi connectivity index (χ3n) is 7.21. The lowest BCUT2D eigenvalue weighted by molar-refractivity contribution is 0.123. The van der Waals surface area contributed by atoms with Gasteiger partial charge in [0.25, 0.3) is 0 Å². The zero-order valence-electron chi connectivity index (χ0n) is 22.2. The highest BCUT2D eigenvalue weighted by molar-refractivity contribution is 7.09. The molecule has 0 radical (unpaired) electrons. The van der Waals surface area contributed by atoms with Crippen LogP contribution >= 0.6 is 34.5 Å². The molecule has 0 bridgehead atoms. The molecule has 15 heteroatoms. The number of hydrogen-bond acceptors (Lipinski definition) is 9. The van der Waals surface area contributed by atoms with Crippen molar-refractivity contribution in [1.29, 1.82) is 5.26 Å². The molecule has 1 amide bonds. The van der Waals surface area contributed by atoms with E-state index in [0.29, 0.717) is 64.6 Å². The van der Waals surface area contributed by atoms with Crippen LogP contribution < -0.4 is 10.6 Å². The van der Waals surface area contributed by atoms with E-state index in [2.05, 4.69) is 37.0 Å². The number of piperidine rings is 1. The topological polar surface area (TPSA) is 145 Å². The summed E-state index contributed by atoms with van der Waals surface area (Å²) >= 11 is 14.1. The molecule has 0 saturated carbocycles. The van der Waals surface area contributed by atoms with Gasteiger partial charge in [0, 0.05) is 42.2 Å². The van der Waals surface area contributed by atoms with Crippen LogP contribution in [0.25, 0.3) is 10.9 Å². The van der Waals surface area contributed by atoms with Crippen molar-refractivity contribution in [3.8, 4) is 6.07 Å². The summed E-state index contributed by atoms with van der Waals surface area (Å²) in [6.45, 7) is 0.862. The van der Waals surface area contributed by atoms with Gasteiger partial charge in [0.1, 0.15) is 23.6 Å². The third-order valence-corrected chi connectivity index (χ3v) is 8.63. The van der Waals surface area contributed by atoms with E-state index in [1.165, 1.54) is 40.6 Å². The molecule has 1 fully saturated rings. The highest BCUT2D eigenvalue weighted by Gasteiger charge is 2.27. The standard InChI is InChI=1S/C28H22Cl2FN9O2S/c29-20-8-16(1-2-22(20)31)35-25-15(10-32)11-34-26-19(25)7-17(9-21(26)30)36-27(24-12-33-14-43-24)23-13-40(38-37-23)18-3-5-39(6-4-18)28(41)42/h1-2,7-9,11-14,18,27,36H,3-6H2,(H,34,35)(H,41,42). The van der Waals surface area contributed by atoms with Gasteiger partial charge < -0.3 is 20.6 Å². The molecular weight excluding hydrogens is 616 g/mol. The second-order valence-corrected chi connectivity index (χ2v) is 11.6. The molecule has 1 atom stereocenters. The molecule has 218 valence electrons. The Labute approximate surface area is 258 Å². The van der Waals surface area contributed by atoms with Crippen molar-refractivity contribution in [2.45, 2.75) is 24.9 Å². The summed E-state index contributed by atoms with van der Waals surface area (Å²) in [4.78, 5) is 22.2. The van der Waals surface area contributed by atoms with Crippen molar-refractivity contribution in [2.24, 2.45) is 0 Å². The fourth-order valence-corrected chi connectivity index (χ4v) is 6.16. The number of thiazole rings is 1. The van der Waals surface area contributed by atoms with Gasteiger partial charge in [-0.2, -0.15) is 5.26 Å². The number of likely N-dealkylation sites (tertiary alicyclic amines) is 1. The number of carboxylic acid groups (broad SMARTS) is 1. The highest BCUT2D eigenvalue weighted by atomic mass is 35.5. The van der Waals surface area contributed by atoms with Crippen molar-refractivity contribution in [1.82, 2.24) is 29.9 Å². The molecule has 1 aliphatic rings. The molecule has 1 unspecified atom stereocenters. The summed E-state index contributed by atoms with van der Waals surface area (Å²) in [5.41, 5.74) is 4.64. The van der Waals surface area contributed by atoms with Crippen LogP contribution in [0.4, 0.5) is 26.2 Å². The lowest BCUT2D eigenvalue weighted by atomic mass is 10.1. The van der Waals surface area contributed by atoms with Crippen molar-refractivity contribution in [2.75, 3.05) is 23.7 Å². The van der Waals surface area contributed by atoms with Gasteiger partial charge in [-0.3, -0.25) is 9.97 Å². The summed E-state index contributed by atoms with van der Waals surface area (Å²) in [6, 6.07) is 9.49. The Hall–Kier alpha value is -4.51. The molecule has 3 aromatic heterocycles. The van der Waals surface area contributed by atoms with Crippen molar-refractivity contribution >= 4 is 68.6 Å². The minimum Gasteiger partial charge on any atom is -0.465 e. The number of aromatic nitrogens is 5. The average Bonchev–Trinajstić information content (AvgIpc) is 3.72. The molecule has 0 spiro atoms. The number of benzene rings is 2. The number of halogens is 3. The minimum absolute atomic E-state index is 0.0261. The normalized spacial score (nSPS) is 14.4. The lowest BCUT2D eigenvalue weighted by Gasteiger charge is -2.29. The largest absolute Gasteiger partial charge is 0.465 e. The number of nitriles is 1. The predicted octanol–water partition coefficient (Wildman–Crippen LogP) is 6.86. The molecule has 0 aliphatic carbocycles. The van der Waals surface area contributed by atoms with Gasteiger partial charge >= 0.3 is 6.09 Å². The Kier molecular flexibility index (Phi) is 7.98. The predicted molar refractivity (Wildman–Crippen MR) is 162 cm³/mol. The van der Waals surface area contributed by atoms with Crippen LogP contribution in [0.5, 0.6) is 0 Å². The summed E-state index contributed by atoms with van der Waals surface area (Å²) in [6.07, 6.45) is 5.39.